The quantitative estimate of drug-likeness (QED) is 0.255. The number of piperazine rings is 1. The van der Waals surface area contributed by atoms with Crippen LogP contribution in [0, 0.1) is 5.92 Å². The fraction of sp³-hybridized carbons (Fsp3) is 0.463. The monoisotopic (exact) mass is 717 g/mol. The van der Waals surface area contributed by atoms with Crippen LogP contribution in [0.1, 0.15) is 49.7 Å². The van der Waals surface area contributed by atoms with E-state index in [1.54, 1.807) is 19.2 Å². The van der Waals surface area contributed by atoms with Crippen LogP contribution in [0.25, 0.3) is 22.3 Å². The minimum atomic E-state index is -0.242. The molecule has 0 aliphatic carbocycles. The van der Waals surface area contributed by atoms with E-state index in [1.807, 2.05) is 12.1 Å². The van der Waals surface area contributed by atoms with Crippen molar-refractivity contribution in [1.29, 1.82) is 0 Å². The van der Waals surface area contributed by atoms with Crippen LogP contribution in [0.2, 0.25) is 0 Å². The van der Waals surface area contributed by atoms with Crippen molar-refractivity contribution in [3.05, 3.63) is 76.1 Å². The highest BCUT2D eigenvalue weighted by atomic mass is 16.5. The van der Waals surface area contributed by atoms with Gasteiger partial charge in [-0.3, -0.25) is 29.5 Å². The third-order valence-electron chi connectivity index (χ3n) is 12.4. The van der Waals surface area contributed by atoms with Gasteiger partial charge in [0.15, 0.2) is 0 Å². The standard InChI is InChI=1S/C41H47N7O5/c1-52-33-18-34-38(36(19-33)53-2)41(51)44-39(42-34)26-3-6-29(7-4-26)45-15-13-25(14-16-45)20-46-23-32-10-9-31(46)24-48(32)30-8-5-27-21-47(22-28(27)17-30)35-11-12-37(49)43-40(35)50/h3-8,17-19,25,31-32,35H,9-16,20-24H2,1-2H3,(H,42,44,51)(H,43,49,50). The maximum absolute atomic E-state index is 13.0. The number of imide groups is 1. The number of carbonyl (C=O) groups is 2. The summed E-state index contributed by atoms with van der Waals surface area (Å²) in [5.41, 5.74) is 6.26. The molecule has 1 aromatic heterocycles. The number of methoxy groups -OCH3 is 2. The number of hydrogen-bond acceptors (Lipinski definition) is 10. The van der Waals surface area contributed by atoms with E-state index in [1.165, 1.54) is 61.8 Å². The molecule has 4 aromatic rings. The summed E-state index contributed by atoms with van der Waals surface area (Å²) in [4.78, 5) is 55.0. The highest BCUT2D eigenvalue weighted by molar-refractivity contribution is 6.00. The molecule has 7 heterocycles. The van der Waals surface area contributed by atoms with Gasteiger partial charge in [-0.1, -0.05) is 6.07 Å². The minimum absolute atomic E-state index is 0.151. The van der Waals surface area contributed by atoms with E-state index in [0.29, 0.717) is 59.1 Å². The molecule has 5 fully saturated rings. The average Bonchev–Trinajstić information content (AvgIpc) is 3.61. The summed E-state index contributed by atoms with van der Waals surface area (Å²) >= 11 is 0. The van der Waals surface area contributed by atoms with Gasteiger partial charge in [-0.15, -0.1) is 0 Å². The summed E-state index contributed by atoms with van der Waals surface area (Å²) in [6, 6.07) is 19.6. The summed E-state index contributed by atoms with van der Waals surface area (Å²) in [7, 11) is 3.12. The van der Waals surface area contributed by atoms with E-state index in [9.17, 15) is 14.4 Å². The van der Waals surface area contributed by atoms with Crippen molar-refractivity contribution in [2.24, 2.45) is 5.92 Å². The molecule has 3 unspecified atom stereocenters. The lowest BCUT2D eigenvalue weighted by atomic mass is 9.87. The number of rotatable bonds is 8. The summed E-state index contributed by atoms with van der Waals surface area (Å²) in [5, 5.41) is 2.93. The van der Waals surface area contributed by atoms with Crippen LogP contribution in [0.3, 0.4) is 0 Å². The Kier molecular flexibility index (Phi) is 8.82. The van der Waals surface area contributed by atoms with Crippen molar-refractivity contribution >= 4 is 34.1 Å². The Bertz CT molecular complexity index is 2110. The molecular formula is C41H47N7O5. The Morgan fingerprint density at radius 3 is 2.32 bits per heavy atom. The number of anilines is 2. The Hall–Kier alpha value is -4.94. The molecule has 0 saturated carbocycles. The molecule has 5 saturated heterocycles. The number of aromatic nitrogens is 2. The minimum Gasteiger partial charge on any atom is -0.497 e. The van der Waals surface area contributed by atoms with E-state index in [0.717, 1.165) is 44.8 Å². The molecule has 53 heavy (non-hydrogen) atoms. The molecule has 2 bridgehead atoms. The Labute approximate surface area is 309 Å². The number of aromatic amines is 1. The van der Waals surface area contributed by atoms with E-state index in [4.69, 9.17) is 14.5 Å². The molecule has 2 amide bonds. The highest BCUT2D eigenvalue weighted by Gasteiger charge is 2.41. The molecule has 12 nitrogen and oxygen atoms in total. The lowest BCUT2D eigenvalue weighted by molar-refractivity contribution is -0.137. The van der Waals surface area contributed by atoms with Crippen molar-refractivity contribution in [3.8, 4) is 22.9 Å². The zero-order valence-electron chi connectivity index (χ0n) is 30.5. The summed E-state index contributed by atoms with van der Waals surface area (Å²) in [6.07, 6.45) is 5.87. The fourth-order valence-corrected chi connectivity index (χ4v) is 9.45. The number of hydrogen-bond donors (Lipinski definition) is 2. The van der Waals surface area contributed by atoms with Gasteiger partial charge in [0.25, 0.3) is 5.56 Å². The normalized spacial score (nSPS) is 23.8. The Morgan fingerprint density at radius 2 is 1.58 bits per heavy atom. The van der Waals surface area contributed by atoms with Gasteiger partial charge in [-0.05, 0) is 85.5 Å². The van der Waals surface area contributed by atoms with Crippen LogP contribution in [-0.2, 0) is 22.7 Å². The third-order valence-corrected chi connectivity index (χ3v) is 12.4. The second-order valence-corrected chi connectivity index (χ2v) is 15.4. The first-order valence-electron chi connectivity index (χ1n) is 19.0. The number of amides is 2. The van der Waals surface area contributed by atoms with E-state index < -0.39 is 0 Å². The fourth-order valence-electron chi connectivity index (χ4n) is 9.45. The number of nitrogens with one attached hydrogen (secondary N) is 2. The molecule has 6 aliphatic heterocycles. The number of fused-ring (bicyclic) bond motifs is 5. The summed E-state index contributed by atoms with van der Waals surface area (Å²) in [6.45, 7) is 6.97. The maximum Gasteiger partial charge on any atom is 0.262 e. The van der Waals surface area contributed by atoms with Crippen molar-refractivity contribution in [2.45, 2.75) is 69.7 Å². The number of nitrogens with zero attached hydrogens (tertiary/aromatic N) is 5. The second kappa shape index (κ2) is 13.8. The van der Waals surface area contributed by atoms with Crippen molar-refractivity contribution in [3.63, 3.8) is 0 Å². The van der Waals surface area contributed by atoms with Crippen molar-refractivity contribution < 1.29 is 19.1 Å². The van der Waals surface area contributed by atoms with E-state index in [2.05, 4.69) is 60.2 Å². The average molecular weight is 718 g/mol. The van der Waals surface area contributed by atoms with Crippen LogP contribution in [-0.4, -0.2) is 96.7 Å². The number of carbonyl (C=O) groups excluding carboxylic acids is 2. The van der Waals surface area contributed by atoms with Gasteiger partial charge in [0.05, 0.1) is 25.8 Å². The topological polar surface area (TPSA) is 123 Å². The van der Waals surface area contributed by atoms with Crippen LogP contribution < -0.4 is 30.1 Å². The molecule has 12 heteroatoms. The van der Waals surface area contributed by atoms with Gasteiger partial charge in [-0.2, -0.15) is 0 Å². The molecule has 6 aliphatic rings. The van der Waals surface area contributed by atoms with Gasteiger partial charge in [0, 0.05) is 93.4 Å². The van der Waals surface area contributed by atoms with Gasteiger partial charge < -0.3 is 24.3 Å². The van der Waals surface area contributed by atoms with Gasteiger partial charge >= 0.3 is 0 Å². The predicted molar refractivity (Wildman–Crippen MR) is 203 cm³/mol. The molecule has 0 spiro atoms. The number of benzene rings is 3. The second-order valence-electron chi connectivity index (χ2n) is 15.4. The van der Waals surface area contributed by atoms with Gasteiger partial charge in [0.1, 0.15) is 22.7 Å². The van der Waals surface area contributed by atoms with Crippen LogP contribution in [0.5, 0.6) is 11.5 Å². The number of piperidine rings is 4. The third kappa shape index (κ3) is 6.41. The van der Waals surface area contributed by atoms with Crippen molar-refractivity contribution in [2.75, 3.05) is 56.7 Å². The zero-order valence-corrected chi connectivity index (χ0v) is 30.5. The highest BCUT2D eigenvalue weighted by Crippen LogP contribution is 2.37. The lowest BCUT2D eigenvalue weighted by Crippen LogP contribution is -2.63. The summed E-state index contributed by atoms with van der Waals surface area (Å²) in [5.74, 6) is 1.92. The first-order chi connectivity index (χ1) is 25.8. The summed E-state index contributed by atoms with van der Waals surface area (Å²) < 4.78 is 10.8. The SMILES string of the molecule is COc1cc(OC)c2c(=O)[nH]c(-c3ccc(N4CCC(CN5CC6CCC5CN6c5ccc6c(c5)CN(C5CCC(=O)NC5=O)C6)CC4)cc3)nc2c1. The number of ether oxygens (including phenoxy) is 2. The van der Waals surface area contributed by atoms with E-state index in [-0.39, 0.29) is 23.4 Å². The molecule has 3 atom stereocenters. The van der Waals surface area contributed by atoms with Crippen molar-refractivity contribution in [1.82, 2.24) is 25.1 Å². The first-order valence-corrected chi connectivity index (χ1v) is 19.0. The molecule has 3 aromatic carbocycles. The molecular weight excluding hydrogens is 670 g/mol. The smallest absolute Gasteiger partial charge is 0.262 e. The number of H-pyrrole nitrogens is 1. The lowest BCUT2D eigenvalue weighted by Gasteiger charge is -2.53. The van der Waals surface area contributed by atoms with Gasteiger partial charge in [0.2, 0.25) is 11.8 Å². The molecule has 10 rings (SSSR count). The van der Waals surface area contributed by atoms with Crippen LogP contribution in [0.4, 0.5) is 11.4 Å². The first kappa shape index (κ1) is 33.9. The Morgan fingerprint density at radius 1 is 0.811 bits per heavy atom. The maximum atomic E-state index is 13.0. The largest absolute Gasteiger partial charge is 0.497 e. The van der Waals surface area contributed by atoms with Crippen LogP contribution >= 0.6 is 0 Å². The zero-order chi connectivity index (χ0) is 36.2. The molecule has 0 radical (unpaired) electrons. The molecule has 2 N–H and O–H groups in total. The Balaban J connectivity index is 0.794. The van der Waals surface area contributed by atoms with Gasteiger partial charge in [-0.25, -0.2) is 4.98 Å². The van der Waals surface area contributed by atoms with Crippen LogP contribution in [0.15, 0.2) is 59.4 Å². The predicted octanol–water partition coefficient (Wildman–Crippen LogP) is 4.30. The molecule has 276 valence electrons. The van der Waals surface area contributed by atoms with E-state index >= 15 is 0 Å².